The zero-order valence-corrected chi connectivity index (χ0v) is 17.9. The van der Waals surface area contributed by atoms with Gasteiger partial charge in [0.05, 0.1) is 19.5 Å². The summed E-state index contributed by atoms with van der Waals surface area (Å²) in [5.74, 6) is -1.39. The van der Waals surface area contributed by atoms with Crippen molar-refractivity contribution in [3.8, 4) is 0 Å². The van der Waals surface area contributed by atoms with Gasteiger partial charge in [-0.2, -0.15) is 0 Å². The summed E-state index contributed by atoms with van der Waals surface area (Å²) in [6.45, 7) is 1.33. The van der Waals surface area contributed by atoms with Crippen LogP contribution >= 0.6 is 7.82 Å². The van der Waals surface area contributed by atoms with Crippen LogP contribution in [-0.2, 0) is 23.1 Å². The zero-order valence-electron chi connectivity index (χ0n) is 17.0. The number of aliphatic hydroxyl groups is 4. The van der Waals surface area contributed by atoms with Crippen LogP contribution in [0.3, 0.4) is 0 Å². The van der Waals surface area contributed by atoms with Gasteiger partial charge < -0.3 is 35.4 Å². The highest BCUT2D eigenvalue weighted by Gasteiger charge is 2.46. The molecule has 2 aromatic heterocycles. The molecule has 7 N–H and O–H groups in total. The molecule has 1 fully saturated rings. The van der Waals surface area contributed by atoms with Crippen molar-refractivity contribution in [3.63, 3.8) is 0 Å². The van der Waals surface area contributed by atoms with Gasteiger partial charge in [-0.1, -0.05) is 13.8 Å². The second kappa shape index (κ2) is 8.96. The summed E-state index contributed by atoms with van der Waals surface area (Å²) in [5.41, 5.74) is 4.85. The maximum absolute atomic E-state index is 12.1. The van der Waals surface area contributed by atoms with Crippen LogP contribution in [0.2, 0.25) is 0 Å². The minimum absolute atomic E-state index is 0.0938. The number of aromatic nitrogens is 4. The predicted octanol–water partition coefficient (Wildman–Crippen LogP) is -1.93. The molecule has 6 atom stereocenters. The fourth-order valence-corrected chi connectivity index (χ4v) is 3.63. The Labute approximate surface area is 181 Å². The third kappa shape index (κ3) is 4.74. The molecule has 1 unspecified atom stereocenters. The number of ether oxygens (including phenoxy) is 1. The van der Waals surface area contributed by atoms with Crippen molar-refractivity contribution < 1.29 is 48.5 Å². The number of nitrogens with zero attached hydrogens (tertiary/aromatic N) is 4. The molecule has 3 rings (SSSR count). The molecule has 0 radical (unpaired) electrons. The van der Waals surface area contributed by atoms with E-state index in [1.54, 1.807) is 0 Å². The topological polar surface area (TPSA) is 233 Å². The molecular weight excluding hydrogens is 453 g/mol. The first-order chi connectivity index (χ1) is 14.9. The molecule has 0 amide bonds. The number of aliphatic hydroxyl groups excluding tert-OH is 4. The van der Waals surface area contributed by atoms with Crippen molar-refractivity contribution in [3.05, 3.63) is 12.7 Å². The van der Waals surface area contributed by atoms with E-state index in [9.17, 15) is 34.7 Å². The summed E-state index contributed by atoms with van der Waals surface area (Å²) in [6.07, 6.45) is -4.99. The predicted molar refractivity (Wildman–Crippen MR) is 104 cm³/mol. The molecule has 32 heavy (non-hydrogen) atoms. The first kappa shape index (κ1) is 24.4. The largest absolute Gasteiger partial charge is 0.529 e. The van der Waals surface area contributed by atoms with Gasteiger partial charge in [0.2, 0.25) is 0 Å². The SMILES string of the molecule is CC(C)(CO)[C@@H](O)C(=O)OP(=O)(O)OC[C@@H]1O[C@@H](n2cnc3c(N)ncnc32)[C@H](O)[C@H]1O. The van der Waals surface area contributed by atoms with Crippen molar-refractivity contribution in [2.75, 3.05) is 18.9 Å². The molecule has 15 nitrogen and oxygen atoms in total. The monoisotopic (exact) mass is 477 g/mol. The highest BCUT2D eigenvalue weighted by molar-refractivity contribution is 7.48. The molecule has 0 bridgehead atoms. The van der Waals surface area contributed by atoms with Crippen LogP contribution < -0.4 is 5.73 Å². The van der Waals surface area contributed by atoms with E-state index >= 15 is 0 Å². The van der Waals surface area contributed by atoms with Crippen LogP contribution in [0.25, 0.3) is 11.2 Å². The smallest absolute Gasteiger partial charge is 0.396 e. The molecule has 178 valence electrons. The molecule has 0 spiro atoms. The Bertz CT molecular complexity index is 1030. The molecule has 0 aliphatic carbocycles. The van der Waals surface area contributed by atoms with Crippen molar-refractivity contribution in [2.45, 2.75) is 44.5 Å². The standard InChI is InChI=1S/C16H24N5O10P/c1-16(2,4-22)11(25)15(26)31-32(27,28)29-3-7-9(23)10(24)14(30-7)21-6-20-8-12(17)18-5-19-13(8)21/h5-7,9-11,14,22-25H,3-4H2,1-2H3,(H,27,28)(H2,17,18,19)/t7-,9-,10+,11-,14+/m0/s1. The van der Waals surface area contributed by atoms with Crippen molar-refractivity contribution in [2.24, 2.45) is 5.41 Å². The van der Waals surface area contributed by atoms with Crippen molar-refractivity contribution in [1.82, 2.24) is 19.5 Å². The van der Waals surface area contributed by atoms with Crippen LogP contribution in [0.1, 0.15) is 20.1 Å². The lowest BCUT2D eigenvalue weighted by molar-refractivity contribution is -0.154. The quantitative estimate of drug-likeness (QED) is 0.227. The van der Waals surface area contributed by atoms with Gasteiger partial charge in [0, 0.05) is 5.41 Å². The minimum atomic E-state index is -5.03. The van der Waals surface area contributed by atoms with Crippen molar-refractivity contribution in [1.29, 1.82) is 0 Å². The van der Waals surface area contributed by atoms with E-state index in [0.717, 1.165) is 0 Å². The van der Waals surface area contributed by atoms with Crippen LogP contribution in [0.4, 0.5) is 5.82 Å². The lowest BCUT2D eigenvalue weighted by Gasteiger charge is -2.27. The van der Waals surface area contributed by atoms with Gasteiger partial charge in [-0.15, -0.1) is 0 Å². The summed E-state index contributed by atoms with van der Waals surface area (Å²) < 4.78 is 27.9. The molecule has 0 saturated carbocycles. The summed E-state index contributed by atoms with van der Waals surface area (Å²) in [6, 6.07) is 0. The van der Waals surface area contributed by atoms with Crippen LogP contribution in [0.5, 0.6) is 0 Å². The Balaban J connectivity index is 1.66. The number of nitrogen functional groups attached to an aromatic ring is 1. The van der Waals surface area contributed by atoms with E-state index in [-0.39, 0.29) is 17.0 Å². The number of anilines is 1. The molecular formula is C16H24N5O10P. The number of nitrogens with two attached hydrogens (primary N) is 1. The molecule has 3 heterocycles. The lowest BCUT2D eigenvalue weighted by Crippen LogP contribution is -2.40. The molecule has 2 aromatic rings. The number of fused-ring (bicyclic) bond motifs is 1. The Kier molecular flexibility index (Phi) is 6.83. The Morgan fingerprint density at radius 3 is 2.69 bits per heavy atom. The Morgan fingerprint density at radius 2 is 2.03 bits per heavy atom. The fraction of sp³-hybridized carbons (Fsp3) is 0.625. The first-order valence-electron chi connectivity index (χ1n) is 9.32. The fourth-order valence-electron chi connectivity index (χ4n) is 2.92. The number of hydrogen-bond acceptors (Lipinski definition) is 13. The number of phosphoric ester groups is 1. The third-order valence-corrected chi connectivity index (χ3v) is 5.86. The van der Waals surface area contributed by atoms with E-state index in [0.29, 0.717) is 0 Å². The van der Waals surface area contributed by atoms with Crippen LogP contribution in [-0.4, -0.2) is 88.4 Å². The summed E-state index contributed by atoms with van der Waals surface area (Å²) in [7, 11) is -5.03. The number of carbonyl (C=O) groups excluding carboxylic acids is 1. The maximum Gasteiger partial charge on any atom is 0.529 e. The van der Waals surface area contributed by atoms with Crippen LogP contribution in [0, 0.1) is 5.41 Å². The third-order valence-electron chi connectivity index (χ3n) is 4.98. The number of phosphoric acid groups is 1. The van der Waals surface area contributed by atoms with Gasteiger partial charge >= 0.3 is 13.8 Å². The average Bonchev–Trinajstić information content (AvgIpc) is 3.28. The van der Waals surface area contributed by atoms with E-state index < -0.39 is 63.1 Å². The normalized spacial score (nSPS) is 26.7. The molecule has 1 aliphatic heterocycles. The van der Waals surface area contributed by atoms with Gasteiger partial charge in [-0.3, -0.25) is 14.0 Å². The summed E-state index contributed by atoms with van der Waals surface area (Å²) in [4.78, 5) is 33.5. The average molecular weight is 477 g/mol. The number of carbonyl (C=O) groups is 1. The van der Waals surface area contributed by atoms with E-state index in [1.165, 1.54) is 31.1 Å². The van der Waals surface area contributed by atoms with Gasteiger partial charge in [-0.25, -0.2) is 24.3 Å². The number of rotatable bonds is 8. The first-order valence-corrected chi connectivity index (χ1v) is 10.8. The Hall–Kier alpha value is -2.23. The minimum Gasteiger partial charge on any atom is -0.396 e. The van der Waals surface area contributed by atoms with Crippen molar-refractivity contribution >= 4 is 30.8 Å². The molecule has 1 aliphatic rings. The van der Waals surface area contributed by atoms with Gasteiger partial charge in [0.25, 0.3) is 0 Å². The van der Waals surface area contributed by atoms with Gasteiger partial charge in [0.15, 0.2) is 23.8 Å². The second-order valence-electron chi connectivity index (χ2n) is 7.85. The van der Waals surface area contributed by atoms with Crippen LogP contribution in [0.15, 0.2) is 12.7 Å². The second-order valence-corrected chi connectivity index (χ2v) is 9.23. The van der Waals surface area contributed by atoms with E-state index in [4.69, 9.17) is 15.0 Å². The maximum atomic E-state index is 12.1. The van der Waals surface area contributed by atoms with E-state index in [2.05, 4.69) is 19.5 Å². The zero-order chi connectivity index (χ0) is 23.8. The molecule has 0 aromatic carbocycles. The summed E-state index contributed by atoms with van der Waals surface area (Å²) >= 11 is 0. The highest BCUT2D eigenvalue weighted by Crippen LogP contribution is 2.45. The van der Waals surface area contributed by atoms with Gasteiger partial charge in [-0.05, 0) is 0 Å². The summed E-state index contributed by atoms with van der Waals surface area (Å²) in [5, 5.41) is 39.7. The highest BCUT2D eigenvalue weighted by atomic mass is 31.2. The molecule has 16 heteroatoms. The Morgan fingerprint density at radius 1 is 1.34 bits per heavy atom. The van der Waals surface area contributed by atoms with Gasteiger partial charge in [0.1, 0.15) is 30.2 Å². The number of hydrogen-bond donors (Lipinski definition) is 6. The lowest BCUT2D eigenvalue weighted by atomic mass is 9.88. The number of imidazole rings is 1. The van der Waals surface area contributed by atoms with E-state index in [1.807, 2.05) is 0 Å². The molecule has 1 saturated heterocycles.